The van der Waals surface area contributed by atoms with Gasteiger partial charge in [-0.05, 0) is 43.0 Å². The number of ketones is 1. The zero-order valence-corrected chi connectivity index (χ0v) is 9.86. The van der Waals surface area contributed by atoms with Gasteiger partial charge in [-0.2, -0.15) is 0 Å². The number of carbonyl (C=O) groups excluding carboxylic acids is 1. The van der Waals surface area contributed by atoms with Crippen molar-refractivity contribution in [3.05, 3.63) is 41.2 Å². The molecule has 16 heavy (non-hydrogen) atoms. The number of rotatable bonds is 4. The fourth-order valence-electron chi connectivity index (χ4n) is 2.24. The summed E-state index contributed by atoms with van der Waals surface area (Å²) < 4.78 is 0. The van der Waals surface area contributed by atoms with Crippen LogP contribution in [0.4, 0.5) is 0 Å². The molecule has 2 rings (SSSR count). The number of allylic oxidation sites excluding steroid dienone is 2. The van der Waals surface area contributed by atoms with E-state index in [0.717, 1.165) is 30.5 Å². The maximum Gasteiger partial charge on any atom is 0.171 e. The third-order valence-corrected chi connectivity index (χ3v) is 3.23. The summed E-state index contributed by atoms with van der Waals surface area (Å²) in [5, 5.41) is 0. The number of nitrogens with zero attached hydrogens (tertiary/aromatic N) is 1. The summed E-state index contributed by atoms with van der Waals surface area (Å²) in [5.74, 6) is 0.220. The Kier molecular flexibility index (Phi) is 3.18. The first-order chi connectivity index (χ1) is 7.75. The van der Waals surface area contributed by atoms with Gasteiger partial charge in [0.2, 0.25) is 0 Å². The lowest BCUT2D eigenvalue weighted by molar-refractivity contribution is -0.118. The molecule has 0 amide bonds. The lowest BCUT2D eigenvalue weighted by Gasteiger charge is -2.29. The molecule has 0 spiro atoms. The van der Waals surface area contributed by atoms with Crippen LogP contribution >= 0.6 is 0 Å². The summed E-state index contributed by atoms with van der Waals surface area (Å²) in [5.41, 5.74) is 3.15. The van der Waals surface area contributed by atoms with Gasteiger partial charge in [0.05, 0.1) is 11.6 Å². The summed E-state index contributed by atoms with van der Waals surface area (Å²) in [6.45, 7) is 4.21. The van der Waals surface area contributed by atoms with Gasteiger partial charge in [-0.3, -0.25) is 9.78 Å². The van der Waals surface area contributed by atoms with Crippen molar-refractivity contribution >= 4 is 5.78 Å². The second-order valence-electron chi connectivity index (χ2n) is 4.32. The van der Waals surface area contributed by atoms with Crippen LogP contribution in [0.15, 0.2) is 35.5 Å². The highest BCUT2D eigenvalue weighted by atomic mass is 16.1. The lowest BCUT2D eigenvalue weighted by atomic mass is 9.73. The van der Waals surface area contributed by atoms with Crippen molar-refractivity contribution in [2.45, 2.75) is 39.0 Å². The normalized spacial score (nSPS) is 19.9. The van der Waals surface area contributed by atoms with Crippen LogP contribution in [-0.4, -0.2) is 10.8 Å². The van der Waals surface area contributed by atoms with Crippen LogP contribution in [0.2, 0.25) is 0 Å². The Labute approximate surface area is 96.4 Å². The van der Waals surface area contributed by atoms with Gasteiger partial charge in [0, 0.05) is 6.20 Å². The molecule has 0 aliphatic heterocycles. The highest BCUT2D eigenvalue weighted by Crippen LogP contribution is 2.40. The summed E-state index contributed by atoms with van der Waals surface area (Å²) in [4.78, 5) is 16.2. The summed E-state index contributed by atoms with van der Waals surface area (Å²) in [7, 11) is 0. The predicted molar refractivity (Wildman–Crippen MR) is 64.2 cm³/mol. The highest BCUT2D eigenvalue weighted by molar-refractivity contribution is 6.09. The molecule has 0 saturated carbocycles. The molecule has 2 heteroatoms. The number of Topliss-reactive ketones (excluding diaryl/α,β-unsaturated/α-hetero) is 1. The van der Waals surface area contributed by atoms with Gasteiger partial charge in [0.25, 0.3) is 0 Å². The minimum absolute atomic E-state index is 0.0620. The first-order valence-electron chi connectivity index (χ1n) is 5.90. The van der Waals surface area contributed by atoms with Crippen molar-refractivity contribution in [3.8, 4) is 0 Å². The monoisotopic (exact) mass is 215 g/mol. The highest BCUT2D eigenvalue weighted by Gasteiger charge is 2.37. The van der Waals surface area contributed by atoms with Gasteiger partial charge in [-0.25, -0.2) is 0 Å². The van der Waals surface area contributed by atoms with Gasteiger partial charge in [-0.15, -0.1) is 0 Å². The van der Waals surface area contributed by atoms with Crippen LogP contribution in [0.3, 0.4) is 0 Å². The van der Waals surface area contributed by atoms with E-state index in [1.807, 2.05) is 18.2 Å². The molecule has 1 aliphatic carbocycles. The molecule has 2 nitrogen and oxygen atoms in total. The van der Waals surface area contributed by atoms with E-state index >= 15 is 0 Å². The maximum atomic E-state index is 12.0. The molecule has 0 N–H and O–H groups in total. The van der Waals surface area contributed by atoms with Crippen LogP contribution in [0.1, 0.15) is 44.7 Å². The number of hydrogen-bond acceptors (Lipinski definition) is 2. The van der Waals surface area contributed by atoms with Gasteiger partial charge in [0.15, 0.2) is 5.78 Å². The fraction of sp³-hybridized carbons (Fsp3) is 0.429. The summed E-state index contributed by atoms with van der Waals surface area (Å²) in [6, 6.07) is 5.75. The average molecular weight is 215 g/mol. The van der Waals surface area contributed by atoms with Crippen LogP contribution in [-0.2, 0) is 4.79 Å². The number of unbranched alkanes of at least 4 members (excludes halogenated alkanes) is 1. The second kappa shape index (κ2) is 4.60. The van der Waals surface area contributed by atoms with E-state index in [-0.39, 0.29) is 11.7 Å². The molecule has 0 radical (unpaired) electrons. The third kappa shape index (κ3) is 1.80. The molecular weight excluding hydrogens is 198 g/mol. The van der Waals surface area contributed by atoms with E-state index in [2.05, 4.69) is 18.8 Å². The van der Waals surface area contributed by atoms with Crippen molar-refractivity contribution in [1.29, 1.82) is 0 Å². The molecule has 1 atom stereocenters. The minimum atomic E-state index is -0.0620. The first-order valence-corrected chi connectivity index (χ1v) is 5.90. The van der Waals surface area contributed by atoms with Crippen molar-refractivity contribution in [2.75, 3.05) is 0 Å². The molecule has 1 aromatic rings. The van der Waals surface area contributed by atoms with Gasteiger partial charge in [-0.1, -0.05) is 19.4 Å². The topological polar surface area (TPSA) is 30.0 Å². The maximum absolute atomic E-state index is 12.0. The van der Waals surface area contributed by atoms with Crippen LogP contribution in [0.5, 0.6) is 0 Å². The van der Waals surface area contributed by atoms with Gasteiger partial charge in [0.1, 0.15) is 0 Å². The van der Waals surface area contributed by atoms with E-state index in [9.17, 15) is 4.79 Å². The molecule has 0 bridgehead atoms. The van der Waals surface area contributed by atoms with E-state index < -0.39 is 0 Å². The van der Waals surface area contributed by atoms with Crippen molar-refractivity contribution < 1.29 is 4.79 Å². The molecule has 84 valence electrons. The summed E-state index contributed by atoms with van der Waals surface area (Å²) >= 11 is 0. The van der Waals surface area contributed by atoms with E-state index in [0.29, 0.717) is 0 Å². The zero-order chi connectivity index (χ0) is 11.5. The molecule has 1 unspecified atom stereocenters. The number of pyridine rings is 1. The van der Waals surface area contributed by atoms with E-state index in [4.69, 9.17) is 0 Å². The van der Waals surface area contributed by atoms with Gasteiger partial charge < -0.3 is 0 Å². The Bertz CT molecular complexity index is 420. The van der Waals surface area contributed by atoms with Gasteiger partial charge >= 0.3 is 0 Å². The van der Waals surface area contributed by atoms with Crippen molar-refractivity contribution in [3.63, 3.8) is 0 Å². The molecule has 0 saturated heterocycles. The smallest absolute Gasteiger partial charge is 0.171 e. The van der Waals surface area contributed by atoms with Crippen LogP contribution in [0, 0.1) is 0 Å². The third-order valence-electron chi connectivity index (χ3n) is 3.23. The molecule has 1 aromatic heterocycles. The first kappa shape index (κ1) is 11.1. The largest absolute Gasteiger partial charge is 0.293 e. The lowest BCUT2D eigenvalue weighted by Crippen LogP contribution is -2.28. The standard InChI is InChI=1S/C14H17NO/c1-3-4-7-11-10(2)13(14(11)16)12-8-5-6-9-15-12/h5-6,8-9,13H,3-4,7H2,1-2H3. The van der Waals surface area contributed by atoms with E-state index in [1.165, 1.54) is 5.57 Å². The molecule has 0 aromatic carbocycles. The summed E-state index contributed by atoms with van der Waals surface area (Å²) in [6.07, 6.45) is 4.93. The van der Waals surface area contributed by atoms with Crippen LogP contribution in [0.25, 0.3) is 0 Å². The van der Waals surface area contributed by atoms with Crippen LogP contribution < -0.4 is 0 Å². The molecule has 1 heterocycles. The van der Waals surface area contributed by atoms with E-state index in [1.54, 1.807) is 6.20 Å². The Balaban J connectivity index is 2.17. The second-order valence-corrected chi connectivity index (χ2v) is 4.32. The van der Waals surface area contributed by atoms with Crippen molar-refractivity contribution in [1.82, 2.24) is 4.98 Å². The molecular formula is C14H17NO. The Hall–Kier alpha value is -1.44. The molecule has 0 fully saturated rings. The number of aromatic nitrogens is 1. The quantitative estimate of drug-likeness (QED) is 0.771. The SMILES string of the molecule is CCCCC1=C(C)C(c2ccccn2)C1=O. The fourth-order valence-corrected chi connectivity index (χ4v) is 2.24. The number of hydrogen-bond donors (Lipinski definition) is 0. The van der Waals surface area contributed by atoms with Crippen molar-refractivity contribution in [2.24, 2.45) is 0 Å². The minimum Gasteiger partial charge on any atom is -0.293 e. The molecule has 1 aliphatic rings. The Morgan fingerprint density at radius 3 is 2.75 bits per heavy atom. The zero-order valence-electron chi connectivity index (χ0n) is 9.86. The Morgan fingerprint density at radius 1 is 1.38 bits per heavy atom. The predicted octanol–water partition coefficient (Wildman–Crippen LogP) is 3.25. The average Bonchev–Trinajstić information content (AvgIpc) is 2.31. The number of carbonyl (C=O) groups is 1. The Morgan fingerprint density at radius 2 is 2.19 bits per heavy atom.